The molecule has 1 N–H and O–H groups in total. The molecule has 3 nitrogen and oxygen atoms in total. The van der Waals surface area contributed by atoms with Gasteiger partial charge in [0.2, 0.25) is 0 Å². The van der Waals surface area contributed by atoms with E-state index < -0.39 is 5.82 Å². The highest BCUT2D eigenvalue weighted by molar-refractivity contribution is 5.52. The Hall–Kier alpha value is -1.91. The Morgan fingerprint density at radius 3 is 2.95 bits per heavy atom. The van der Waals surface area contributed by atoms with Crippen LogP contribution in [0.4, 0.5) is 14.5 Å². The van der Waals surface area contributed by atoms with E-state index >= 15 is 0 Å². The number of nitrogens with one attached hydrogen (secondary N) is 1. The Balaban J connectivity index is 2.00. The minimum absolute atomic E-state index is 0.119. The summed E-state index contributed by atoms with van der Waals surface area (Å²) >= 11 is 0. The Bertz CT molecular complexity index is 594. The fourth-order valence-corrected chi connectivity index (χ4v) is 2.78. The first-order valence-corrected chi connectivity index (χ1v) is 6.38. The number of aromatic amines is 1. The van der Waals surface area contributed by atoms with E-state index in [1.807, 2.05) is 6.92 Å². The second-order valence-corrected chi connectivity index (χ2v) is 4.90. The molecule has 1 unspecified atom stereocenters. The third-order valence-corrected chi connectivity index (χ3v) is 3.68. The highest BCUT2D eigenvalue weighted by atomic mass is 19.1. The van der Waals surface area contributed by atoms with E-state index in [2.05, 4.69) is 15.1 Å². The molecule has 1 atom stereocenters. The molecule has 2 aromatic rings. The van der Waals surface area contributed by atoms with Crippen molar-refractivity contribution in [3.05, 3.63) is 47.3 Å². The highest BCUT2D eigenvalue weighted by Gasteiger charge is 2.30. The molecule has 0 spiro atoms. The first-order chi connectivity index (χ1) is 9.16. The maximum atomic E-state index is 13.9. The molecule has 1 aromatic heterocycles. The van der Waals surface area contributed by atoms with Gasteiger partial charge in [0.25, 0.3) is 0 Å². The summed E-state index contributed by atoms with van der Waals surface area (Å²) in [5.74, 6) is -0.744. The van der Waals surface area contributed by atoms with Gasteiger partial charge >= 0.3 is 0 Å². The van der Waals surface area contributed by atoms with Crippen molar-refractivity contribution in [2.24, 2.45) is 0 Å². The van der Waals surface area contributed by atoms with Gasteiger partial charge in [-0.2, -0.15) is 5.10 Å². The van der Waals surface area contributed by atoms with E-state index in [0.29, 0.717) is 5.56 Å². The van der Waals surface area contributed by atoms with Crippen molar-refractivity contribution in [3.8, 4) is 0 Å². The third kappa shape index (κ3) is 2.09. The molecule has 1 aliphatic heterocycles. The monoisotopic (exact) mass is 263 g/mol. The Morgan fingerprint density at radius 1 is 1.37 bits per heavy atom. The Kier molecular flexibility index (Phi) is 2.97. The summed E-state index contributed by atoms with van der Waals surface area (Å²) in [6, 6.07) is 3.53. The number of benzene rings is 1. The molecule has 1 aromatic carbocycles. The lowest BCUT2D eigenvalue weighted by Crippen LogP contribution is -2.23. The summed E-state index contributed by atoms with van der Waals surface area (Å²) in [6.07, 6.45) is 3.53. The minimum Gasteiger partial charge on any atom is -0.362 e. The maximum absolute atomic E-state index is 13.9. The quantitative estimate of drug-likeness (QED) is 0.901. The fourth-order valence-electron chi connectivity index (χ4n) is 2.78. The summed E-state index contributed by atoms with van der Waals surface area (Å²) in [7, 11) is 0. The van der Waals surface area contributed by atoms with Crippen molar-refractivity contribution in [1.82, 2.24) is 10.2 Å². The molecule has 100 valence electrons. The molecule has 0 radical (unpaired) electrons. The standard InChI is InChI=1S/C14H15F2N3/c1-9-14(8-17-18-9)19-6-2-3-13(19)11-7-10(15)4-5-12(11)16/h4-5,7-8,13H,2-3,6H2,1H3,(H,17,18). The number of halogens is 2. The fraction of sp³-hybridized carbons (Fsp3) is 0.357. The van der Waals surface area contributed by atoms with Crippen LogP contribution in [0, 0.1) is 18.6 Å². The molecule has 1 aliphatic rings. The van der Waals surface area contributed by atoms with E-state index in [0.717, 1.165) is 36.8 Å². The van der Waals surface area contributed by atoms with Crippen molar-refractivity contribution in [2.75, 3.05) is 11.4 Å². The molecule has 1 saturated heterocycles. The van der Waals surface area contributed by atoms with Crippen LogP contribution in [0.1, 0.15) is 30.1 Å². The maximum Gasteiger partial charge on any atom is 0.128 e. The SMILES string of the molecule is Cc1[nH]ncc1N1CCCC1c1cc(F)ccc1F. The van der Waals surface area contributed by atoms with Crippen LogP contribution >= 0.6 is 0 Å². The Morgan fingerprint density at radius 2 is 2.21 bits per heavy atom. The number of hydrogen-bond acceptors (Lipinski definition) is 2. The van der Waals surface area contributed by atoms with Gasteiger partial charge in [-0.15, -0.1) is 0 Å². The molecule has 5 heteroatoms. The van der Waals surface area contributed by atoms with Crippen LogP contribution in [-0.4, -0.2) is 16.7 Å². The lowest BCUT2D eigenvalue weighted by molar-refractivity contribution is 0.561. The van der Waals surface area contributed by atoms with E-state index in [1.165, 1.54) is 12.1 Å². The van der Waals surface area contributed by atoms with Gasteiger partial charge in [0.05, 0.1) is 23.6 Å². The zero-order valence-electron chi connectivity index (χ0n) is 10.7. The molecule has 0 saturated carbocycles. The second-order valence-electron chi connectivity index (χ2n) is 4.90. The molecule has 3 rings (SSSR count). The van der Waals surface area contributed by atoms with E-state index in [9.17, 15) is 8.78 Å². The Labute approximate surface area is 110 Å². The van der Waals surface area contributed by atoms with Crippen LogP contribution in [0.3, 0.4) is 0 Å². The van der Waals surface area contributed by atoms with Gasteiger partial charge < -0.3 is 4.90 Å². The summed E-state index contributed by atoms with van der Waals surface area (Å²) in [6.45, 7) is 2.76. The average Bonchev–Trinajstić information content (AvgIpc) is 3.00. The van der Waals surface area contributed by atoms with Crippen LogP contribution in [0.15, 0.2) is 24.4 Å². The summed E-state index contributed by atoms with van der Waals surface area (Å²) in [5.41, 5.74) is 2.34. The number of anilines is 1. The van der Waals surface area contributed by atoms with Crippen LogP contribution in [0.2, 0.25) is 0 Å². The minimum atomic E-state index is -0.396. The largest absolute Gasteiger partial charge is 0.362 e. The van der Waals surface area contributed by atoms with Gasteiger partial charge in [-0.05, 0) is 38.0 Å². The van der Waals surface area contributed by atoms with Crippen LogP contribution in [-0.2, 0) is 0 Å². The molecular formula is C14H15F2N3. The van der Waals surface area contributed by atoms with Gasteiger partial charge in [-0.25, -0.2) is 8.78 Å². The first kappa shape index (κ1) is 12.1. The zero-order chi connectivity index (χ0) is 13.4. The zero-order valence-corrected chi connectivity index (χ0v) is 10.7. The van der Waals surface area contributed by atoms with Crippen molar-refractivity contribution >= 4 is 5.69 Å². The van der Waals surface area contributed by atoms with Crippen LogP contribution in [0.25, 0.3) is 0 Å². The van der Waals surface area contributed by atoms with Crippen molar-refractivity contribution in [2.45, 2.75) is 25.8 Å². The van der Waals surface area contributed by atoms with Gasteiger partial charge in [0.15, 0.2) is 0 Å². The average molecular weight is 263 g/mol. The van der Waals surface area contributed by atoms with Gasteiger partial charge in [-0.1, -0.05) is 0 Å². The first-order valence-electron chi connectivity index (χ1n) is 6.38. The van der Waals surface area contributed by atoms with Gasteiger partial charge in [-0.3, -0.25) is 5.10 Å². The predicted molar refractivity (Wildman–Crippen MR) is 69.0 cm³/mol. The third-order valence-electron chi connectivity index (χ3n) is 3.68. The van der Waals surface area contributed by atoms with Crippen molar-refractivity contribution < 1.29 is 8.78 Å². The highest BCUT2D eigenvalue weighted by Crippen LogP contribution is 2.38. The molecule has 0 amide bonds. The molecule has 2 heterocycles. The molecule has 1 fully saturated rings. The van der Waals surface area contributed by atoms with Gasteiger partial charge in [0.1, 0.15) is 11.6 Å². The summed E-state index contributed by atoms with van der Waals surface area (Å²) < 4.78 is 27.3. The number of H-pyrrole nitrogens is 1. The van der Waals surface area contributed by atoms with Crippen LogP contribution < -0.4 is 4.90 Å². The van der Waals surface area contributed by atoms with E-state index in [1.54, 1.807) is 6.20 Å². The number of nitrogens with zero attached hydrogens (tertiary/aromatic N) is 2. The molecule has 0 aliphatic carbocycles. The smallest absolute Gasteiger partial charge is 0.128 e. The lowest BCUT2D eigenvalue weighted by Gasteiger charge is -2.26. The number of aryl methyl sites for hydroxylation is 1. The lowest BCUT2D eigenvalue weighted by atomic mass is 10.0. The predicted octanol–water partition coefficient (Wildman–Crippen LogP) is 3.34. The van der Waals surface area contributed by atoms with Crippen molar-refractivity contribution in [3.63, 3.8) is 0 Å². The summed E-state index contributed by atoms with van der Waals surface area (Å²) in [4.78, 5) is 2.09. The van der Waals surface area contributed by atoms with Gasteiger partial charge in [0, 0.05) is 12.1 Å². The topological polar surface area (TPSA) is 31.9 Å². The van der Waals surface area contributed by atoms with E-state index in [4.69, 9.17) is 0 Å². The second kappa shape index (κ2) is 4.64. The normalized spacial score (nSPS) is 19.1. The molecule has 0 bridgehead atoms. The number of rotatable bonds is 2. The van der Waals surface area contributed by atoms with Crippen molar-refractivity contribution in [1.29, 1.82) is 0 Å². The van der Waals surface area contributed by atoms with E-state index in [-0.39, 0.29) is 11.9 Å². The number of aromatic nitrogens is 2. The number of hydrogen-bond donors (Lipinski definition) is 1. The molecular weight excluding hydrogens is 248 g/mol. The summed E-state index contributed by atoms with van der Waals surface area (Å²) in [5, 5.41) is 6.88. The molecule has 19 heavy (non-hydrogen) atoms. The van der Waals surface area contributed by atoms with Crippen LogP contribution in [0.5, 0.6) is 0 Å².